The molecule has 2 nitrogen and oxygen atoms in total. The van der Waals surface area contributed by atoms with E-state index in [0.29, 0.717) is 18.1 Å². The van der Waals surface area contributed by atoms with E-state index >= 15 is 0 Å². The van der Waals surface area contributed by atoms with Gasteiger partial charge in [-0.3, -0.25) is 0 Å². The Morgan fingerprint density at radius 2 is 2.41 bits per heavy atom. The van der Waals surface area contributed by atoms with E-state index in [1.54, 1.807) is 11.3 Å². The van der Waals surface area contributed by atoms with E-state index in [1.165, 1.54) is 29.7 Å². The molecule has 1 saturated heterocycles. The minimum atomic E-state index is 0.412. The maximum atomic E-state index is 6.06. The highest BCUT2D eigenvalue weighted by Crippen LogP contribution is 2.39. The van der Waals surface area contributed by atoms with Gasteiger partial charge in [0.05, 0.1) is 10.4 Å². The largest absolute Gasteiger partial charge is 0.378 e. The van der Waals surface area contributed by atoms with Gasteiger partial charge in [-0.2, -0.15) is 0 Å². The summed E-state index contributed by atoms with van der Waals surface area (Å²) in [7, 11) is 0. The van der Waals surface area contributed by atoms with Crippen molar-refractivity contribution in [3.8, 4) is 0 Å². The molecule has 0 saturated carbocycles. The minimum absolute atomic E-state index is 0.412. The third-order valence-corrected chi connectivity index (χ3v) is 5.35. The number of hydrogen-bond acceptors (Lipinski definition) is 3. The molecule has 4 heteroatoms. The van der Waals surface area contributed by atoms with E-state index < -0.39 is 0 Å². The lowest BCUT2D eigenvalue weighted by Gasteiger charge is -2.18. The molecule has 1 aromatic rings. The Hall–Kier alpha value is -0.0900. The Morgan fingerprint density at radius 1 is 1.53 bits per heavy atom. The third kappa shape index (κ3) is 2.39. The van der Waals surface area contributed by atoms with Gasteiger partial charge in [-0.25, -0.2) is 0 Å². The van der Waals surface area contributed by atoms with Crippen LogP contribution in [0.2, 0.25) is 4.34 Å². The summed E-state index contributed by atoms with van der Waals surface area (Å²) in [5.74, 6) is 0.674. The normalized spacial score (nSPS) is 32.0. The minimum Gasteiger partial charge on any atom is -0.378 e. The van der Waals surface area contributed by atoms with Crippen molar-refractivity contribution < 1.29 is 4.74 Å². The van der Waals surface area contributed by atoms with Crippen LogP contribution in [0, 0.1) is 5.92 Å². The molecule has 1 N–H and O–H groups in total. The summed E-state index contributed by atoms with van der Waals surface area (Å²) in [6, 6.07) is 2.66. The lowest BCUT2D eigenvalue weighted by Crippen LogP contribution is -2.29. The molecule has 2 heterocycles. The van der Waals surface area contributed by atoms with Gasteiger partial charge in [0.15, 0.2) is 0 Å². The molecule has 17 heavy (non-hydrogen) atoms. The number of aryl methyl sites for hydroxylation is 1. The molecule has 0 aromatic carbocycles. The molecule has 0 amide bonds. The molecular formula is C13H18ClNOS. The first kappa shape index (κ1) is 12.0. The van der Waals surface area contributed by atoms with Crippen LogP contribution in [0.3, 0.4) is 0 Å². The van der Waals surface area contributed by atoms with Gasteiger partial charge in [0.1, 0.15) is 0 Å². The molecule has 0 radical (unpaired) electrons. The van der Waals surface area contributed by atoms with Crippen LogP contribution < -0.4 is 5.32 Å². The molecule has 3 atom stereocenters. The predicted octanol–water partition coefficient (Wildman–Crippen LogP) is 3.40. The molecule has 3 unspecified atom stereocenters. The van der Waals surface area contributed by atoms with Crippen molar-refractivity contribution in [2.75, 3.05) is 13.2 Å². The standard InChI is InChI=1S/C13H18ClNOS/c1-8-9(4-5-16-8)7-15-11-2-3-12-10(11)6-13(14)17-12/h6,8-9,11,15H,2-5,7H2,1H3. The van der Waals surface area contributed by atoms with Crippen LogP contribution in [0.5, 0.6) is 0 Å². The van der Waals surface area contributed by atoms with Gasteiger partial charge in [-0.1, -0.05) is 11.6 Å². The van der Waals surface area contributed by atoms with E-state index in [4.69, 9.17) is 16.3 Å². The second kappa shape index (κ2) is 4.88. The zero-order valence-electron chi connectivity index (χ0n) is 10.0. The first-order valence-electron chi connectivity index (χ1n) is 6.37. The van der Waals surface area contributed by atoms with E-state index in [0.717, 1.165) is 17.5 Å². The zero-order chi connectivity index (χ0) is 11.8. The van der Waals surface area contributed by atoms with Crippen molar-refractivity contribution in [2.45, 2.75) is 38.3 Å². The Balaban J connectivity index is 1.59. The summed E-state index contributed by atoms with van der Waals surface area (Å²) >= 11 is 7.80. The van der Waals surface area contributed by atoms with Crippen LogP contribution in [0.1, 0.15) is 36.2 Å². The molecule has 1 aliphatic carbocycles. The number of ether oxygens (including phenoxy) is 1. The fraction of sp³-hybridized carbons (Fsp3) is 0.692. The Kier molecular flexibility index (Phi) is 3.44. The van der Waals surface area contributed by atoms with Crippen LogP contribution in [-0.4, -0.2) is 19.3 Å². The fourth-order valence-corrected chi connectivity index (χ4v) is 4.24. The second-order valence-corrected chi connectivity index (χ2v) is 6.82. The van der Waals surface area contributed by atoms with Gasteiger partial charge in [-0.05, 0) is 43.7 Å². The topological polar surface area (TPSA) is 21.3 Å². The van der Waals surface area contributed by atoms with Gasteiger partial charge in [0.2, 0.25) is 0 Å². The number of hydrogen-bond donors (Lipinski definition) is 1. The summed E-state index contributed by atoms with van der Waals surface area (Å²) in [6.45, 7) is 4.17. The molecule has 94 valence electrons. The average molecular weight is 272 g/mol. The van der Waals surface area contributed by atoms with Crippen molar-refractivity contribution >= 4 is 22.9 Å². The molecule has 0 bridgehead atoms. The van der Waals surface area contributed by atoms with Gasteiger partial charge < -0.3 is 10.1 Å². The van der Waals surface area contributed by atoms with E-state index in [1.807, 2.05) is 0 Å². The Labute approximate surface area is 111 Å². The molecule has 1 fully saturated rings. The first-order valence-corrected chi connectivity index (χ1v) is 7.56. The van der Waals surface area contributed by atoms with Crippen LogP contribution >= 0.6 is 22.9 Å². The van der Waals surface area contributed by atoms with Gasteiger partial charge >= 0.3 is 0 Å². The number of thiophene rings is 1. The number of fused-ring (bicyclic) bond motifs is 1. The maximum absolute atomic E-state index is 6.06. The predicted molar refractivity (Wildman–Crippen MR) is 71.9 cm³/mol. The number of halogens is 1. The molecule has 3 rings (SSSR count). The van der Waals surface area contributed by atoms with Crippen molar-refractivity contribution in [1.29, 1.82) is 0 Å². The van der Waals surface area contributed by atoms with Gasteiger partial charge in [0.25, 0.3) is 0 Å². The molecule has 0 spiro atoms. The average Bonchev–Trinajstić information content (AvgIpc) is 2.93. The third-order valence-electron chi connectivity index (χ3n) is 4.01. The lowest BCUT2D eigenvalue weighted by molar-refractivity contribution is 0.105. The molecule has 1 aliphatic heterocycles. The van der Waals surface area contributed by atoms with Crippen molar-refractivity contribution in [2.24, 2.45) is 5.92 Å². The van der Waals surface area contributed by atoms with Gasteiger partial charge in [-0.15, -0.1) is 11.3 Å². The Morgan fingerprint density at radius 3 is 3.18 bits per heavy atom. The second-order valence-electron chi connectivity index (χ2n) is 5.05. The van der Waals surface area contributed by atoms with Crippen molar-refractivity contribution in [3.63, 3.8) is 0 Å². The fourth-order valence-electron chi connectivity index (χ4n) is 2.88. The summed E-state index contributed by atoms with van der Waals surface area (Å²) in [6.07, 6.45) is 4.01. The highest BCUT2D eigenvalue weighted by Gasteiger charge is 2.28. The van der Waals surface area contributed by atoms with Crippen molar-refractivity contribution in [1.82, 2.24) is 5.32 Å². The van der Waals surface area contributed by atoms with E-state index in [2.05, 4.69) is 18.3 Å². The zero-order valence-corrected chi connectivity index (χ0v) is 11.6. The molecule has 2 aliphatic rings. The van der Waals surface area contributed by atoms with Gasteiger partial charge in [0, 0.05) is 24.1 Å². The SMILES string of the molecule is CC1OCCC1CNC1CCc2sc(Cl)cc21. The summed E-state index contributed by atoms with van der Waals surface area (Å²) in [5, 5.41) is 3.69. The monoisotopic (exact) mass is 271 g/mol. The number of rotatable bonds is 3. The lowest BCUT2D eigenvalue weighted by atomic mass is 10.0. The van der Waals surface area contributed by atoms with Crippen LogP contribution in [-0.2, 0) is 11.2 Å². The van der Waals surface area contributed by atoms with Crippen LogP contribution in [0.4, 0.5) is 0 Å². The number of nitrogens with one attached hydrogen (secondary N) is 1. The summed E-state index contributed by atoms with van der Waals surface area (Å²) < 4.78 is 6.52. The van der Waals surface area contributed by atoms with E-state index in [-0.39, 0.29) is 0 Å². The molecular weight excluding hydrogens is 254 g/mol. The van der Waals surface area contributed by atoms with E-state index in [9.17, 15) is 0 Å². The highest BCUT2D eigenvalue weighted by molar-refractivity contribution is 7.16. The maximum Gasteiger partial charge on any atom is 0.0934 e. The van der Waals surface area contributed by atoms with Crippen LogP contribution in [0.25, 0.3) is 0 Å². The Bertz CT molecular complexity index is 406. The first-order chi connectivity index (χ1) is 8.24. The molecule has 1 aromatic heterocycles. The summed E-state index contributed by atoms with van der Waals surface area (Å²) in [5.41, 5.74) is 1.44. The highest BCUT2D eigenvalue weighted by atomic mass is 35.5. The quantitative estimate of drug-likeness (QED) is 0.910. The smallest absolute Gasteiger partial charge is 0.0934 e. The summed E-state index contributed by atoms with van der Waals surface area (Å²) in [4.78, 5) is 1.48. The van der Waals surface area contributed by atoms with Crippen LogP contribution in [0.15, 0.2) is 6.07 Å². The van der Waals surface area contributed by atoms with Crippen molar-refractivity contribution in [3.05, 3.63) is 20.8 Å².